The van der Waals surface area contributed by atoms with Gasteiger partial charge in [0.1, 0.15) is 12.4 Å². The predicted octanol–water partition coefficient (Wildman–Crippen LogP) is 4.84. The van der Waals surface area contributed by atoms with E-state index in [1.807, 2.05) is 63.5 Å². The van der Waals surface area contributed by atoms with Crippen LogP contribution in [0.4, 0.5) is 5.69 Å². The molecule has 158 valence electrons. The van der Waals surface area contributed by atoms with Crippen LogP contribution in [0, 0.1) is 27.7 Å². The Hall–Kier alpha value is -2.80. The van der Waals surface area contributed by atoms with E-state index in [2.05, 4.69) is 27.6 Å². The first-order valence-electron chi connectivity index (χ1n) is 9.98. The summed E-state index contributed by atoms with van der Waals surface area (Å²) < 4.78 is 7.96. The molecule has 3 aromatic rings. The van der Waals surface area contributed by atoms with Crippen LogP contribution in [0.15, 0.2) is 41.6 Å². The van der Waals surface area contributed by atoms with Gasteiger partial charge in [-0.05, 0) is 75.1 Å². The average molecular weight is 425 g/mol. The third-order valence-electron chi connectivity index (χ3n) is 4.65. The number of amides is 1. The molecule has 3 rings (SSSR count). The zero-order valence-corrected chi connectivity index (χ0v) is 19.0. The quantitative estimate of drug-likeness (QED) is 0.524. The molecule has 0 bridgehead atoms. The zero-order chi connectivity index (χ0) is 21.7. The van der Waals surface area contributed by atoms with Gasteiger partial charge < -0.3 is 14.6 Å². The highest BCUT2D eigenvalue weighted by Gasteiger charge is 2.14. The Bertz CT molecular complexity index is 1030. The van der Waals surface area contributed by atoms with Crippen LogP contribution in [-0.2, 0) is 17.9 Å². The fourth-order valence-corrected chi connectivity index (χ4v) is 4.05. The monoisotopic (exact) mass is 424 g/mol. The van der Waals surface area contributed by atoms with Gasteiger partial charge in [0.2, 0.25) is 5.91 Å². The minimum absolute atomic E-state index is 0.0659. The molecule has 0 saturated carbocycles. The van der Waals surface area contributed by atoms with E-state index < -0.39 is 0 Å². The van der Waals surface area contributed by atoms with E-state index in [1.54, 1.807) is 0 Å². The minimum Gasteiger partial charge on any atom is -0.485 e. The fourth-order valence-electron chi connectivity index (χ4n) is 3.23. The largest absolute Gasteiger partial charge is 0.485 e. The summed E-state index contributed by atoms with van der Waals surface area (Å²) in [4.78, 5) is 12.4. The van der Waals surface area contributed by atoms with Gasteiger partial charge in [0, 0.05) is 12.2 Å². The molecule has 7 heteroatoms. The van der Waals surface area contributed by atoms with Crippen molar-refractivity contribution >= 4 is 23.4 Å². The summed E-state index contributed by atoms with van der Waals surface area (Å²) in [6.45, 7) is 11.2. The van der Waals surface area contributed by atoms with Crippen molar-refractivity contribution in [2.24, 2.45) is 0 Å². The van der Waals surface area contributed by atoms with Gasteiger partial charge in [-0.15, -0.1) is 10.2 Å². The molecule has 6 nitrogen and oxygen atoms in total. The Kier molecular flexibility index (Phi) is 7.15. The maximum atomic E-state index is 12.4. The molecule has 0 fully saturated rings. The van der Waals surface area contributed by atoms with Crippen molar-refractivity contribution in [1.82, 2.24) is 14.8 Å². The molecule has 2 aromatic carbocycles. The van der Waals surface area contributed by atoms with Crippen molar-refractivity contribution in [2.75, 3.05) is 11.1 Å². The first-order chi connectivity index (χ1) is 14.4. The van der Waals surface area contributed by atoms with E-state index in [1.165, 1.54) is 11.8 Å². The molecule has 0 aliphatic rings. The first kappa shape index (κ1) is 21.9. The maximum absolute atomic E-state index is 12.4. The molecule has 1 amide bonds. The summed E-state index contributed by atoms with van der Waals surface area (Å²) >= 11 is 1.38. The Morgan fingerprint density at radius 3 is 2.47 bits per heavy atom. The summed E-state index contributed by atoms with van der Waals surface area (Å²) in [6, 6.07) is 12.1. The highest BCUT2D eigenvalue weighted by atomic mass is 32.2. The molecule has 0 aliphatic carbocycles. The van der Waals surface area contributed by atoms with Crippen LogP contribution in [0.2, 0.25) is 0 Å². The minimum atomic E-state index is -0.0659. The lowest BCUT2D eigenvalue weighted by Crippen LogP contribution is -2.15. The van der Waals surface area contributed by atoms with Crippen molar-refractivity contribution in [1.29, 1.82) is 0 Å². The normalized spacial score (nSPS) is 10.8. The lowest BCUT2D eigenvalue weighted by Gasteiger charge is -2.11. The van der Waals surface area contributed by atoms with Crippen molar-refractivity contribution in [3.05, 3.63) is 64.5 Å². The van der Waals surface area contributed by atoms with Crippen LogP contribution in [0.25, 0.3) is 0 Å². The zero-order valence-electron chi connectivity index (χ0n) is 18.2. The van der Waals surface area contributed by atoms with Gasteiger partial charge in [-0.3, -0.25) is 4.79 Å². The standard InChI is InChI=1S/C23H28N4O2S/c1-6-27-21(13-29-20-12-15(2)7-8-18(20)5)25-26-23(27)30-14-22(28)24-19-10-16(3)9-17(4)11-19/h7-12H,6,13-14H2,1-5H3,(H,24,28). The molecule has 0 aliphatic heterocycles. The summed E-state index contributed by atoms with van der Waals surface area (Å²) in [5, 5.41) is 12.2. The average Bonchev–Trinajstić information content (AvgIpc) is 3.08. The molecule has 0 unspecified atom stereocenters. The van der Waals surface area contributed by atoms with Crippen LogP contribution < -0.4 is 10.1 Å². The Labute approximate surface area is 182 Å². The summed E-state index contributed by atoms with van der Waals surface area (Å²) in [5.74, 6) is 1.80. The van der Waals surface area contributed by atoms with Crippen LogP contribution >= 0.6 is 11.8 Å². The molecule has 0 radical (unpaired) electrons. The van der Waals surface area contributed by atoms with Gasteiger partial charge in [-0.25, -0.2) is 0 Å². The van der Waals surface area contributed by atoms with Crippen molar-refractivity contribution < 1.29 is 9.53 Å². The predicted molar refractivity (Wildman–Crippen MR) is 121 cm³/mol. The molecule has 30 heavy (non-hydrogen) atoms. The lowest BCUT2D eigenvalue weighted by atomic mass is 10.1. The second kappa shape index (κ2) is 9.80. The number of rotatable bonds is 8. The summed E-state index contributed by atoms with van der Waals surface area (Å²) in [7, 11) is 0. The van der Waals surface area contributed by atoms with E-state index in [9.17, 15) is 4.79 Å². The Morgan fingerprint density at radius 1 is 1.03 bits per heavy atom. The number of carbonyl (C=O) groups excluding carboxylic acids is 1. The SMILES string of the molecule is CCn1c(COc2cc(C)ccc2C)nnc1SCC(=O)Nc1cc(C)cc(C)c1. The number of ether oxygens (including phenoxy) is 1. The molecular weight excluding hydrogens is 396 g/mol. The summed E-state index contributed by atoms with van der Waals surface area (Å²) in [5.41, 5.74) is 5.30. The van der Waals surface area contributed by atoms with Crippen LogP contribution in [0.3, 0.4) is 0 Å². The molecule has 0 spiro atoms. The van der Waals surface area contributed by atoms with E-state index in [4.69, 9.17) is 4.74 Å². The van der Waals surface area contributed by atoms with Gasteiger partial charge in [-0.1, -0.05) is 30.0 Å². The lowest BCUT2D eigenvalue weighted by molar-refractivity contribution is -0.113. The van der Waals surface area contributed by atoms with Gasteiger partial charge in [0.25, 0.3) is 0 Å². The number of nitrogens with one attached hydrogen (secondary N) is 1. The molecule has 0 saturated heterocycles. The Morgan fingerprint density at radius 2 is 1.77 bits per heavy atom. The molecule has 1 heterocycles. The van der Waals surface area contributed by atoms with Gasteiger partial charge in [-0.2, -0.15) is 0 Å². The summed E-state index contributed by atoms with van der Waals surface area (Å²) in [6.07, 6.45) is 0. The third-order valence-corrected chi connectivity index (χ3v) is 5.61. The number of hydrogen-bond acceptors (Lipinski definition) is 5. The second-order valence-corrected chi connectivity index (χ2v) is 8.36. The van der Waals surface area contributed by atoms with Crippen molar-refractivity contribution in [3.63, 3.8) is 0 Å². The van der Waals surface area contributed by atoms with Crippen LogP contribution in [0.5, 0.6) is 5.75 Å². The number of carbonyl (C=O) groups is 1. The smallest absolute Gasteiger partial charge is 0.234 e. The molecule has 1 aromatic heterocycles. The molecule has 1 N–H and O–H groups in total. The van der Waals surface area contributed by atoms with E-state index in [0.29, 0.717) is 18.3 Å². The maximum Gasteiger partial charge on any atom is 0.234 e. The number of aromatic nitrogens is 3. The van der Waals surface area contributed by atoms with Gasteiger partial charge >= 0.3 is 0 Å². The Balaban J connectivity index is 1.61. The van der Waals surface area contributed by atoms with Crippen LogP contribution in [-0.4, -0.2) is 26.4 Å². The highest BCUT2D eigenvalue weighted by molar-refractivity contribution is 7.99. The molecule has 0 atom stereocenters. The number of aryl methyl sites for hydroxylation is 4. The fraction of sp³-hybridized carbons (Fsp3) is 0.348. The number of hydrogen-bond donors (Lipinski definition) is 1. The second-order valence-electron chi connectivity index (χ2n) is 7.41. The third kappa shape index (κ3) is 5.63. The number of anilines is 1. The number of benzene rings is 2. The van der Waals surface area contributed by atoms with E-state index >= 15 is 0 Å². The van der Waals surface area contributed by atoms with Crippen molar-refractivity contribution in [3.8, 4) is 5.75 Å². The van der Waals surface area contributed by atoms with E-state index in [0.717, 1.165) is 39.5 Å². The number of thioether (sulfide) groups is 1. The van der Waals surface area contributed by atoms with Gasteiger partial charge in [0.05, 0.1) is 5.75 Å². The highest BCUT2D eigenvalue weighted by Crippen LogP contribution is 2.22. The van der Waals surface area contributed by atoms with Crippen molar-refractivity contribution in [2.45, 2.75) is 52.9 Å². The topological polar surface area (TPSA) is 69.0 Å². The number of nitrogens with zero attached hydrogens (tertiary/aromatic N) is 3. The first-order valence-corrected chi connectivity index (χ1v) is 11.0. The van der Waals surface area contributed by atoms with Gasteiger partial charge in [0.15, 0.2) is 11.0 Å². The molecular formula is C23H28N4O2S. The van der Waals surface area contributed by atoms with Crippen LogP contribution in [0.1, 0.15) is 35.0 Å². The van der Waals surface area contributed by atoms with E-state index in [-0.39, 0.29) is 11.7 Å².